The van der Waals surface area contributed by atoms with Gasteiger partial charge in [-0.25, -0.2) is 0 Å². The molecule has 2 heterocycles. The van der Waals surface area contributed by atoms with Gasteiger partial charge < -0.3 is 18.8 Å². The van der Waals surface area contributed by atoms with E-state index in [1.54, 1.807) is 14.2 Å². The van der Waals surface area contributed by atoms with Crippen LogP contribution in [0.25, 0.3) is 21.8 Å². The molecule has 26 heavy (non-hydrogen) atoms. The van der Waals surface area contributed by atoms with Crippen LogP contribution >= 0.6 is 0 Å². The summed E-state index contributed by atoms with van der Waals surface area (Å²) >= 11 is 0. The van der Waals surface area contributed by atoms with Gasteiger partial charge in [0.15, 0.2) is 5.90 Å². The SMILES string of the molecule is COc1ccc2c(c1)c1cc(OC)ccc1n2CCCCC1=NCCO1. The lowest BCUT2D eigenvalue weighted by Gasteiger charge is -2.08. The highest BCUT2D eigenvalue weighted by Gasteiger charge is 2.13. The van der Waals surface area contributed by atoms with Crippen LogP contribution in [0.2, 0.25) is 0 Å². The number of unbranched alkanes of at least 4 members (excludes halogenated alkanes) is 1. The number of nitrogens with zero attached hydrogens (tertiary/aromatic N) is 2. The van der Waals surface area contributed by atoms with Crippen molar-refractivity contribution in [3.05, 3.63) is 36.4 Å². The molecule has 0 aliphatic carbocycles. The molecule has 5 heteroatoms. The highest BCUT2D eigenvalue weighted by molar-refractivity contribution is 6.09. The van der Waals surface area contributed by atoms with Gasteiger partial charge in [0.2, 0.25) is 0 Å². The lowest BCUT2D eigenvalue weighted by molar-refractivity contribution is 0.336. The molecule has 2 aromatic carbocycles. The van der Waals surface area contributed by atoms with E-state index in [1.807, 2.05) is 12.1 Å². The molecule has 3 aromatic rings. The number of aromatic nitrogens is 1. The molecule has 0 N–H and O–H groups in total. The minimum absolute atomic E-state index is 0.742. The van der Waals surface area contributed by atoms with Gasteiger partial charge in [0, 0.05) is 34.8 Å². The number of aliphatic imine (C=N–C) groups is 1. The smallest absolute Gasteiger partial charge is 0.183 e. The molecule has 136 valence electrons. The Kier molecular flexibility index (Phi) is 4.69. The molecule has 5 nitrogen and oxygen atoms in total. The van der Waals surface area contributed by atoms with Gasteiger partial charge in [-0.2, -0.15) is 0 Å². The Balaban J connectivity index is 1.65. The fourth-order valence-corrected chi connectivity index (χ4v) is 3.63. The van der Waals surface area contributed by atoms with E-state index in [-0.39, 0.29) is 0 Å². The molecule has 0 spiro atoms. The number of ether oxygens (including phenoxy) is 3. The molecule has 0 fully saturated rings. The van der Waals surface area contributed by atoms with Crippen LogP contribution in [-0.2, 0) is 11.3 Å². The lowest BCUT2D eigenvalue weighted by atomic mass is 10.1. The van der Waals surface area contributed by atoms with Crippen molar-refractivity contribution in [3.8, 4) is 11.5 Å². The first-order chi connectivity index (χ1) is 12.8. The maximum atomic E-state index is 5.50. The second-order valence-corrected chi connectivity index (χ2v) is 6.50. The molecule has 0 saturated carbocycles. The predicted octanol–water partition coefficient (Wildman–Crippen LogP) is 4.41. The van der Waals surface area contributed by atoms with Crippen LogP contribution < -0.4 is 9.47 Å². The standard InChI is InChI=1S/C21H24N2O3/c1-24-15-6-8-19-17(13-15)18-14-16(25-2)7-9-20(18)23(19)11-4-3-5-21-22-10-12-26-21/h6-9,13-14H,3-5,10-12H2,1-2H3. The number of hydrogen-bond acceptors (Lipinski definition) is 4. The third-order valence-corrected chi connectivity index (χ3v) is 4.95. The Hall–Kier alpha value is -2.69. The highest BCUT2D eigenvalue weighted by Crippen LogP contribution is 2.34. The summed E-state index contributed by atoms with van der Waals surface area (Å²) in [6, 6.07) is 12.5. The third-order valence-electron chi connectivity index (χ3n) is 4.95. The number of fused-ring (bicyclic) bond motifs is 3. The van der Waals surface area contributed by atoms with Crippen molar-refractivity contribution >= 4 is 27.7 Å². The molecule has 0 unspecified atom stereocenters. The molecule has 0 amide bonds. The number of rotatable bonds is 7. The molecule has 0 saturated heterocycles. The lowest BCUT2D eigenvalue weighted by Crippen LogP contribution is -2.01. The van der Waals surface area contributed by atoms with Gasteiger partial charge in [-0.3, -0.25) is 4.99 Å². The number of benzene rings is 2. The van der Waals surface area contributed by atoms with E-state index < -0.39 is 0 Å². The van der Waals surface area contributed by atoms with Gasteiger partial charge in [-0.1, -0.05) is 0 Å². The first kappa shape index (κ1) is 16.8. The third kappa shape index (κ3) is 3.09. The Labute approximate surface area is 153 Å². The summed E-state index contributed by atoms with van der Waals surface area (Å²) in [5.74, 6) is 2.66. The van der Waals surface area contributed by atoms with E-state index in [0.717, 1.165) is 56.4 Å². The predicted molar refractivity (Wildman–Crippen MR) is 105 cm³/mol. The first-order valence-electron chi connectivity index (χ1n) is 9.10. The highest BCUT2D eigenvalue weighted by atomic mass is 16.5. The van der Waals surface area contributed by atoms with Crippen LogP contribution in [0.4, 0.5) is 0 Å². The van der Waals surface area contributed by atoms with Crippen LogP contribution in [-0.4, -0.2) is 37.8 Å². The largest absolute Gasteiger partial charge is 0.497 e. The molecule has 1 aliphatic heterocycles. The summed E-state index contributed by atoms with van der Waals surface area (Å²) in [6.45, 7) is 2.52. The van der Waals surface area contributed by atoms with E-state index in [0.29, 0.717) is 0 Å². The van der Waals surface area contributed by atoms with Crippen LogP contribution in [0.1, 0.15) is 19.3 Å². The molecular weight excluding hydrogens is 328 g/mol. The van der Waals surface area contributed by atoms with Gasteiger partial charge in [-0.15, -0.1) is 0 Å². The van der Waals surface area contributed by atoms with Gasteiger partial charge >= 0.3 is 0 Å². The molecule has 0 radical (unpaired) electrons. The zero-order chi connectivity index (χ0) is 17.9. The number of methoxy groups -OCH3 is 2. The monoisotopic (exact) mass is 352 g/mol. The van der Waals surface area contributed by atoms with Gasteiger partial charge in [0.05, 0.1) is 20.8 Å². The Morgan fingerprint density at radius 2 is 1.62 bits per heavy atom. The maximum Gasteiger partial charge on any atom is 0.183 e. The number of hydrogen-bond donors (Lipinski definition) is 0. The summed E-state index contributed by atoms with van der Waals surface area (Å²) in [4.78, 5) is 4.37. The average Bonchev–Trinajstić information content (AvgIpc) is 3.30. The maximum absolute atomic E-state index is 5.50. The van der Waals surface area contributed by atoms with Crippen LogP contribution in [0, 0.1) is 0 Å². The minimum Gasteiger partial charge on any atom is -0.497 e. The van der Waals surface area contributed by atoms with Crippen molar-refractivity contribution in [2.75, 3.05) is 27.4 Å². The summed E-state index contributed by atoms with van der Waals surface area (Å²) in [7, 11) is 3.41. The van der Waals surface area contributed by atoms with Crippen molar-refractivity contribution < 1.29 is 14.2 Å². The van der Waals surface area contributed by atoms with E-state index >= 15 is 0 Å². The quantitative estimate of drug-likeness (QED) is 0.592. The van der Waals surface area contributed by atoms with Crippen LogP contribution in [0.5, 0.6) is 11.5 Å². The Morgan fingerprint density at radius 3 is 2.15 bits per heavy atom. The first-order valence-corrected chi connectivity index (χ1v) is 9.10. The summed E-state index contributed by atoms with van der Waals surface area (Å²) < 4.78 is 18.7. The van der Waals surface area contributed by atoms with E-state index in [1.165, 1.54) is 21.8 Å². The van der Waals surface area contributed by atoms with Crippen molar-refractivity contribution in [3.63, 3.8) is 0 Å². The summed E-state index contributed by atoms with van der Waals surface area (Å²) in [5.41, 5.74) is 2.45. The van der Waals surface area contributed by atoms with Gasteiger partial charge in [0.25, 0.3) is 0 Å². The van der Waals surface area contributed by atoms with Crippen molar-refractivity contribution in [1.29, 1.82) is 0 Å². The van der Waals surface area contributed by atoms with Crippen LogP contribution in [0.15, 0.2) is 41.4 Å². The molecule has 0 bridgehead atoms. The fraction of sp³-hybridized carbons (Fsp3) is 0.381. The molecule has 0 atom stereocenters. The second kappa shape index (κ2) is 7.28. The van der Waals surface area contributed by atoms with Crippen molar-refractivity contribution in [2.24, 2.45) is 4.99 Å². The van der Waals surface area contributed by atoms with E-state index in [4.69, 9.17) is 14.2 Å². The van der Waals surface area contributed by atoms with Gasteiger partial charge in [0.1, 0.15) is 18.1 Å². The Morgan fingerprint density at radius 1 is 0.962 bits per heavy atom. The molecule has 1 aromatic heterocycles. The summed E-state index contributed by atoms with van der Waals surface area (Å²) in [5, 5.41) is 2.39. The van der Waals surface area contributed by atoms with E-state index in [9.17, 15) is 0 Å². The molecular formula is C21H24N2O3. The second-order valence-electron chi connectivity index (χ2n) is 6.50. The van der Waals surface area contributed by atoms with Crippen molar-refractivity contribution in [2.45, 2.75) is 25.8 Å². The normalized spacial score (nSPS) is 13.8. The number of aryl methyl sites for hydroxylation is 1. The minimum atomic E-state index is 0.742. The zero-order valence-corrected chi connectivity index (χ0v) is 15.3. The van der Waals surface area contributed by atoms with Crippen molar-refractivity contribution in [1.82, 2.24) is 4.57 Å². The molecule has 1 aliphatic rings. The average molecular weight is 352 g/mol. The fourth-order valence-electron chi connectivity index (χ4n) is 3.63. The van der Waals surface area contributed by atoms with Gasteiger partial charge in [-0.05, 0) is 49.2 Å². The summed E-state index contributed by atoms with van der Waals surface area (Å²) in [6.07, 6.45) is 3.09. The Bertz CT molecular complexity index is 897. The van der Waals surface area contributed by atoms with Crippen LogP contribution in [0.3, 0.4) is 0 Å². The molecule has 4 rings (SSSR count). The topological polar surface area (TPSA) is 45.0 Å². The zero-order valence-electron chi connectivity index (χ0n) is 15.3. The van der Waals surface area contributed by atoms with E-state index in [2.05, 4.69) is 33.8 Å².